The Hall–Kier alpha value is -0.340. The smallest absolute Gasteiger partial charge is 0.0207 e. The highest BCUT2D eigenvalue weighted by molar-refractivity contribution is 9.10. The Morgan fingerprint density at radius 2 is 1.74 bits per heavy atom. The monoisotopic (exact) mass is 323 g/mol. The van der Waals surface area contributed by atoms with Crippen LogP contribution in [0.1, 0.15) is 40.2 Å². The van der Waals surface area contributed by atoms with Gasteiger partial charge in [0.15, 0.2) is 0 Å². The van der Waals surface area contributed by atoms with E-state index < -0.39 is 0 Å². The van der Waals surface area contributed by atoms with Crippen molar-refractivity contribution in [3.05, 3.63) is 34.3 Å². The van der Waals surface area contributed by atoms with E-state index >= 15 is 0 Å². The highest BCUT2D eigenvalue weighted by atomic mass is 79.9. The van der Waals surface area contributed by atoms with Gasteiger partial charge in [-0.15, -0.1) is 0 Å². The lowest BCUT2D eigenvalue weighted by atomic mass is 9.97. The summed E-state index contributed by atoms with van der Waals surface area (Å²) < 4.78 is 1.23. The van der Waals surface area contributed by atoms with Crippen LogP contribution in [0.2, 0.25) is 0 Å². The summed E-state index contributed by atoms with van der Waals surface area (Å²) in [4.78, 5) is 0. The fourth-order valence-electron chi connectivity index (χ4n) is 3.72. The predicted molar refractivity (Wildman–Crippen MR) is 86.4 cm³/mol. The summed E-state index contributed by atoms with van der Waals surface area (Å²) in [5, 5.41) is 3.71. The Morgan fingerprint density at radius 1 is 1.16 bits per heavy atom. The molecule has 1 fully saturated rings. The van der Waals surface area contributed by atoms with E-state index in [4.69, 9.17) is 0 Å². The minimum Gasteiger partial charge on any atom is -0.314 e. The van der Waals surface area contributed by atoms with E-state index in [2.05, 4.69) is 80.1 Å². The molecular weight excluding hydrogens is 298 g/mol. The highest BCUT2D eigenvalue weighted by Crippen LogP contribution is 2.69. The van der Waals surface area contributed by atoms with Gasteiger partial charge >= 0.3 is 0 Å². The number of rotatable bonds is 5. The first kappa shape index (κ1) is 15.1. The van der Waals surface area contributed by atoms with Crippen LogP contribution in [0.25, 0.3) is 0 Å². The molecule has 106 valence electrons. The van der Waals surface area contributed by atoms with Gasteiger partial charge in [0, 0.05) is 10.5 Å². The van der Waals surface area contributed by atoms with Crippen molar-refractivity contribution >= 4 is 15.9 Å². The molecule has 1 aliphatic rings. The summed E-state index contributed by atoms with van der Waals surface area (Å²) in [5.41, 5.74) is 2.27. The maximum atomic E-state index is 3.71. The van der Waals surface area contributed by atoms with Crippen molar-refractivity contribution in [3.63, 3.8) is 0 Å². The molecule has 2 heteroatoms. The van der Waals surface area contributed by atoms with Crippen molar-refractivity contribution < 1.29 is 0 Å². The van der Waals surface area contributed by atoms with E-state index in [-0.39, 0.29) is 0 Å². The van der Waals surface area contributed by atoms with Crippen LogP contribution >= 0.6 is 15.9 Å². The van der Waals surface area contributed by atoms with Crippen molar-refractivity contribution in [1.82, 2.24) is 5.32 Å². The molecule has 0 radical (unpaired) electrons. The molecule has 1 atom stereocenters. The zero-order valence-corrected chi connectivity index (χ0v) is 14.3. The molecule has 1 nitrogen and oxygen atoms in total. The van der Waals surface area contributed by atoms with E-state index in [1.54, 1.807) is 0 Å². The number of hydrogen-bond donors (Lipinski definition) is 1. The fourth-order valence-corrected chi connectivity index (χ4v) is 4.17. The number of likely N-dealkylation sites (N-methyl/N-ethyl adjacent to an activating group) is 1. The van der Waals surface area contributed by atoms with Crippen LogP contribution in [0.4, 0.5) is 0 Å². The Kier molecular flexibility index (Phi) is 4.13. The van der Waals surface area contributed by atoms with Crippen LogP contribution in [-0.2, 0) is 6.42 Å². The number of nitrogens with one attached hydrogen (secondary N) is 1. The second-order valence-corrected chi connectivity index (χ2v) is 7.74. The molecule has 1 aromatic carbocycles. The Morgan fingerprint density at radius 3 is 2.21 bits per heavy atom. The summed E-state index contributed by atoms with van der Waals surface area (Å²) in [5.74, 6) is 0.743. The van der Waals surface area contributed by atoms with Gasteiger partial charge in [0.05, 0.1) is 0 Å². The molecule has 0 spiro atoms. The third-order valence-corrected chi connectivity index (χ3v) is 6.17. The van der Waals surface area contributed by atoms with Crippen LogP contribution in [0, 0.1) is 16.7 Å². The van der Waals surface area contributed by atoms with E-state index in [9.17, 15) is 0 Å². The second-order valence-electron chi connectivity index (χ2n) is 6.88. The molecule has 0 bridgehead atoms. The van der Waals surface area contributed by atoms with Gasteiger partial charge in [0.25, 0.3) is 0 Å². The van der Waals surface area contributed by atoms with E-state index in [0.717, 1.165) is 18.9 Å². The fraction of sp³-hybridized carbons (Fsp3) is 0.647. The minimum atomic E-state index is 0.432. The van der Waals surface area contributed by atoms with Gasteiger partial charge in [-0.25, -0.2) is 0 Å². The average Bonchev–Trinajstić information content (AvgIpc) is 2.72. The molecule has 0 heterocycles. The highest BCUT2D eigenvalue weighted by Gasteiger charge is 2.66. The maximum Gasteiger partial charge on any atom is 0.0207 e. The summed E-state index contributed by atoms with van der Waals surface area (Å²) in [7, 11) is 0. The zero-order chi connectivity index (χ0) is 14.3. The van der Waals surface area contributed by atoms with Crippen LogP contribution in [0.15, 0.2) is 28.7 Å². The Bertz CT molecular complexity index is 436. The minimum absolute atomic E-state index is 0.432. The van der Waals surface area contributed by atoms with Gasteiger partial charge < -0.3 is 5.32 Å². The summed E-state index contributed by atoms with van der Waals surface area (Å²) >= 11 is 3.67. The lowest BCUT2D eigenvalue weighted by Gasteiger charge is -2.21. The SMILES string of the molecule is CCNC(Cc1ccccc1Br)C1C(C)(C)C1(C)C. The topological polar surface area (TPSA) is 12.0 Å². The number of halogens is 1. The van der Waals surface area contributed by atoms with Crippen molar-refractivity contribution in [1.29, 1.82) is 0 Å². The molecule has 1 saturated carbocycles. The first-order chi connectivity index (χ1) is 8.82. The Balaban J connectivity index is 2.17. The summed E-state index contributed by atoms with van der Waals surface area (Å²) in [6.07, 6.45) is 1.10. The van der Waals surface area contributed by atoms with Crippen molar-refractivity contribution in [2.45, 2.75) is 47.1 Å². The van der Waals surface area contributed by atoms with Gasteiger partial charge in [-0.05, 0) is 41.3 Å². The molecule has 1 aromatic rings. The second kappa shape index (κ2) is 5.21. The van der Waals surface area contributed by atoms with Crippen molar-refractivity contribution in [3.8, 4) is 0 Å². The number of benzene rings is 1. The standard InChI is InChI=1S/C17H26BrN/c1-6-19-14(15-16(2,3)17(15,4)5)11-12-9-7-8-10-13(12)18/h7-10,14-15,19H,6,11H2,1-5H3. The van der Waals surface area contributed by atoms with Crippen molar-refractivity contribution in [2.24, 2.45) is 16.7 Å². The predicted octanol–water partition coefficient (Wildman–Crippen LogP) is 4.65. The van der Waals surface area contributed by atoms with Gasteiger partial charge in [0.1, 0.15) is 0 Å². The van der Waals surface area contributed by atoms with E-state index in [1.807, 2.05) is 0 Å². The third-order valence-electron chi connectivity index (χ3n) is 5.40. The van der Waals surface area contributed by atoms with Crippen LogP contribution in [0.5, 0.6) is 0 Å². The largest absolute Gasteiger partial charge is 0.314 e. The van der Waals surface area contributed by atoms with Crippen LogP contribution in [-0.4, -0.2) is 12.6 Å². The molecule has 0 amide bonds. The van der Waals surface area contributed by atoms with Crippen molar-refractivity contribution in [2.75, 3.05) is 6.54 Å². The van der Waals surface area contributed by atoms with Crippen LogP contribution < -0.4 is 5.32 Å². The first-order valence-electron chi connectivity index (χ1n) is 7.29. The zero-order valence-electron chi connectivity index (χ0n) is 12.8. The third kappa shape index (κ3) is 2.62. The lowest BCUT2D eigenvalue weighted by Crippen LogP contribution is -2.35. The normalized spacial score (nSPS) is 22.2. The molecule has 0 aliphatic heterocycles. The van der Waals surface area contributed by atoms with Gasteiger partial charge in [-0.1, -0.05) is 68.7 Å². The molecule has 1 unspecified atom stereocenters. The molecule has 2 rings (SSSR count). The van der Waals surface area contributed by atoms with Crippen LogP contribution in [0.3, 0.4) is 0 Å². The van der Waals surface area contributed by atoms with E-state index in [1.165, 1.54) is 10.0 Å². The van der Waals surface area contributed by atoms with Gasteiger partial charge in [0.2, 0.25) is 0 Å². The average molecular weight is 324 g/mol. The molecule has 0 saturated heterocycles. The molecular formula is C17H26BrN. The summed E-state index contributed by atoms with van der Waals surface area (Å²) in [6.45, 7) is 12.9. The summed E-state index contributed by atoms with van der Waals surface area (Å²) in [6, 6.07) is 9.15. The Labute approximate surface area is 126 Å². The number of hydrogen-bond acceptors (Lipinski definition) is 1. The molecule has 0 aromatic heterocycles. The molecule has 1 aliphatic carbocycles. The quantitative estimate of drug-likeness (QED) is 0.831. The maximum absolute atomic E-state index is 3.71. The molecule has 1 N–H and O–H groups in total. The first-order valence-corrected chi connectivity index (χ1v) is 8.08. The molecule has 19 heavy (non-hydrogen) atoms. The van der Waals surface area contributed by atoms with Gasteiger partial charge in [-0.2, -0.15) is 0 Å². The lowest BCUT2D eigenvalue weighted by molar-refractivity contribution is 0.402. The van der Waals surface area contributed by atoms with E-state index in [0.29, 0.717) is 16.9 Å². The van der Waals surface area contributed by atoms with Gasteiger partial charge in [-0.3, -0.25) is 0 Å².